The first-order valence-electron chi connectivity index (χ1n) is 10.9. The lowest BCUT2D eigenvalue weighted by atomic mass is 10.1. The van der Waals surface area contributed by atoms with E-state index >= 15 is 0 Å². The van der Waals surface area contributed by atoms with Crippen molar-refractivity contribution in [2.75, 3.05) is 31.6 Å². The van der Waals surface area contributed by atoms with Crippen molar-refractivity contribution >= 4 is 18.2 Å². The molecule has 1 N–H and O–H groups in total. The van der Waals surface area contributed by atoms with Crippen LogP contribution >= 0.6 is 0 Å². The number of hydrogen-bond acceptors (Lipinski definition) is 6. The zero-order valence-corrected chi connectivity index (χ0v) is 19.4. The van der Waals surface area contributed by atoms with Crippen LogP contribution in [0.3, 0.4) is 0 Å². The number of aryl methyl sites for hydroxylation is 1. The average molecular weight is 440 g/mol. The molecule has 1 saturated heterocycles. The lowest BCUT2D eigenvalue weighted by Crippen LogP contribution is -2.49. The second-order valence-corrected chi connectivity index (χ2v) is 9.10. The van der Waals surface area contributed by atoms with Crippen molar-refractivity contribution in [3.05, 3.63) is 59.4 Å². The van der Waals surface area contributed by atoms with Crippen molar-refractivity contribution in [1.82, 2.24) is 19.8 Å². The van der Waals surface area contributed by atoms with Crippen molar-refractivity contribution in [1.29, 1.82) is 0 Å². The third kappa shape index (κ3) is 7.23. The summed E-state index contributed by atoms with van der Waals surface area (Å²) < 4.78 is 5.47. The van der Waals surface area contributed by atoms with Gasteiger partial charge in [-0.2, -0.15) is 0 Å². The number of rotatable bonds is 7. The first-order valence-corrected chi connectivity index (χ1v) is 10.9. The number of benzene rings is 1. The Morgan fingerprint density at radius 2 is 1.88 bits per heavy atom. The predicted octanol–water partition coefficient (Wildman–Crippen LogP) is 3.43. The van der Waals surface area contributed by atoms with Gasteiger partial charge >= 0.3 is 6.09 Å². The highest BCUT2D eigenvalue weighted by molar-refractivity contribution is 5.68. The zero-order chi connectivity index (χ0) is 23.1. The standard InChI is InChI=1S/C24H33N5O3/c1-19-8-9-22(15-25-19)26-29(18-30)17-21-7-5-6-20(14-21)16-27-10-12-28(13-11-27)23(31)32-24(2,3)4/h5-9,14-15,18,26H,10-13,16-17H2,1-4H3. The Balaban J connectivity index is 1.52. The number of hydrogen-bond donors (Lipinski definition) is 1. The van der Waals surface area contributed by atoms with Crippen LogP contribution in [0.4, 0.5) is 10.5 Å². The second-order valence-electron chi connectivity index (χ2n) is 9.10. The Bertz CT molecular complexity index is 903. The van der Waals surface area contributed by atoms with Gasteiger partial charge in [0.2, 0.25) is 6.41 Å². The van der Waals surface area contributed by atoms with Gasteiger partial charge in [-0.15, -0.1) is 0 Å². The van der Waals surface area contributed by atoms with Gasteiger partial charge in [0.25, 0.3) is 0 Å². The number of ether oxygens (including phenoxy) is 1. The highest BCUT2D eigenvalue weighted by Crippen LogP contribution is 2.15. The van der Waals surface area contributed by atoms with E-state index in [-0.39, 0.29) is 6.09 Å². The highest BCUT2D eigenvalue weighted by Gasteiger charge is 2.25. The van der Waals surface area contributed by atoms with Gasteiger partial charge in [0.15, 0.2) is 0 Å². The third-order valence-electron chi connectivity index (χ3n) is 5.09. The molecule has 0 unspecified atom stereocenters. The average Bonchev–Trinajstić information content (AvgIpc) is 2.74. The van der Waals surface area contributed by atoms with E-state index in [1.165, 1.54) is 10.6 Å². The van der Waals surface area contributed by atoms with E-state index in [1.54, 1.807) is 11.1 Å². The molecule has 0 radical (unpaired) electrons. The first kappa shape index (κ1) is 23.5. The smallest absolute Gasteiger partial charge is 0.410 e. The monoisotopic (exact) mass is 439 g/mol. The molecule has 172 valence electrons. The fraction of sp³-hybridized carbons (Fsp3) is 0.458. The van der Waals surface area contributed by atoms with Gasteiger partial charge < -0.3 is 9.64 Å². The maximum absolute atomic E-state index is 12.2. The highest BCUT2D eigenvalue weighted by atomic mass is 16.6. The Kier molecular flexibility index (Phi) is 7.69. The van der Waals surface area contributed by atoms with Crippen molar-refractivity contribution in [2.45, 2.75) is 46.4 Å². The van der Waals surface area contributed by atoms with E-state index in [2.05, 4.69) is 27.4 Å². The first-order chi connectivity index (χ1) is 15.2. The zero-order valence-electron chi connectivity index (χ0n) is 19.4. The molecule has 1 fully saturated rings. The van der Waals surface area contributed by atoms with Gasteiger partial charge in [-0.25, -0.2) is 4.79 Å². The Hall–Kier alpha value is -3.13. The quantitative estimate of drug-likeness (QED) is 0.526. The topological polar surface area (TPSA) is 78.0 Å². The van der Waals surface area contributed by atoms with Crippen LogP contribution in [-0.4, -0.2) is 64.1 Å². The fourth-order valence-electron chi connectivity index (χ4n) is 3.50. The van der Waals surface area contributed by atoms with Crippen LogP contribution < -0.4 is 5.43 Å². The summed E-state index contributed by atoms with van der Waals surface area (Å²) >= 11 is 0. The SMILES string of the molecule is Cc1ccc(NN(C=O)Cc2cccc(CN3CCN(C(=O)OC(C)(C)C)CC3)c2)cn1. The number of nitrogens with one attached hydrogen (secondary N) is 1. The van der Waals surface area contributed by atoms with E-state index in [0.29, 0.717) is 19.6 Å². The molecule has 1 aromatic carbocycles. The van der Waals surface area contributed by atoms with E-state index in [4.69, 9.17) is 4.74 Å². The van der Waals surface area contributed by atoms with Crippen LogP contribution in [0.15, 0.2) is 42.6 Å². The Morgan fingerprint density at radius 1 is 1.16 bits per heavy atom. The number of carbonyl (C=O) groups excluding carboxylic acids is 2. The second kappa shape index (κ2) is 10.5. The summed E-state index contributed by atoms with van der Waals surface area (Å²) in [7, 11) is 0. The molecule has 0 saturated carbocycles. The van der Waals surface area contributed by atoms with Crippen LogP contribution in [0.5, 0.6) is 0 Å². The number of anilines is 1. The van der Waals surface area contributed by atoms with Gasteiger partial charge in [-0.3, -0.25) is 25.1 Å². The summed E-state index contributed by atoms with van der Waals surface area (Å²) in [6.45, 7) is 11.7. The molecular formula is C24H33N5O3. The molecule has 2 aromatic rings. The van der Waals surface area contributed by atoms with Crippen molar-refractivity contribution in [3.63, 3.8) is 0 Å². The predicted molar refractivity (Wildman–Crippen MR) is 124 cm³/mol. The molecule has 0 bridgehead atoms. The van der Waals surface area contributed by atoms with Crippen LogP contribution in [0, 0.1) is 6.92 Å². The van der Waals surface area contributed by atoms with Crippen LogP contribution in [0.25, 0.3) is 0 Å². The van der Waals surface area contributed by atoms with Gasteiger partial charge in [0.1, 0.15) is 5.60 Å². The molecule has 32 heavy (non-hydrogen) atoms. The molecule has 3 rings (SSSR count). The maximum Gasteiger partial charge on any atom is 0.410 e. The molecule has 2 heterocycles. The molecule has 1 aliphatic heterocycles. The molecule has 0 atom stereocenters. The third-order valence-corrected chi connectivity index (χ3v) is 5.09. The van der Waals surface area contributed by atoms with E-state index in [0.717, 1.165) is 43.0 Å². The number of aromatic nitrogens is 1. The molecule has 0 aliphatic carbocycles. The normalized spacial score (nSPS) is 14.7. The van der Waals surface area contributed by atoms with Crippen molar-refractivity contribution in [3.8, 4) is 0 Å². The van der Waals surface area contributed by atoms with E-state index < -0.39 is 5.60 Å². The molecule has 8 heteroatoms. The molecular weight excluding hydrogens is 406 g/mol. The number of carbonyl (C=O) groups is 2. The molecule has 2 amide bonds. The van der Waals surface area contributed by atoms with Crippen LogP contribution in [-0.2, 0) is 22.6 Å². The number of piperazine rings is 1. The lowest BCUT2D eigenvalue weighted by Gasteiger charge is -2.35. The van der Waals surface area contributed by atoms with Crippen molar-refractivity contribution in [2.24, 2.45) is 0 Å². The summed E-state index contributed by atoms with van der Waals surface area (Å²) in [5.41, 5.74) is 6.51. The van der Waals surface area contributed by atoms with Gasteiger partial charge in [-0.05, 0) is 51.0 Å². The summed E-state index contributed by atoms with van der Waals surface area (Å²) in [5.74, 6) is 0. The van der Waals surface area contributed by atoms with Crippen LogP contribution in [0.2, 0.25) is 0 Å². The molecule has 1 aromatic heterocycles. The van der Waals surface area contributed by atoms with E-state index in [1.807, 2.05) is 52.0 Å². The van der Waals surface area contributed by atoms with Gasteiger partial charge in [0, 0.05) is 38.4 Å². The van der Waals surface area contributed by atoms with Crippen molar-refractivity contribution < 1.29 is 14.3 Å². The summed E-state index contributed by atoms with van der Waals surface area (Å²) in [6.07, 6.45) is 2.24. The number of amides is 2. The maximum atomic E-state index is 12.2. The minimum absolute atomic E-state index is 0.246. The van der Waals surface area contributed by atoms with Crippen LogP contribution in [0.1, 0.15) is 37.6 Å². The fourth-order valence-corrected chi connectivity index (χ4v) is 3.50. The summed E-state index contributed by atoms with van der Waals surface area (Å²) in [6, 6.07) is 12.0. The number of hydrazine groups is 1. The number of nitrogens with zero attached hydrogens (tertiary/aromatic N) is 4. The Morgan fingerprint density at radius 3 is 2.50 bits per heavy atom. The minimum atomic E-state index is -0.477. The minimum Gasteiger partial charge on any atom is -0.444 e. The number of pyridine rings is 1. The molecule has 1 aliphatic rings. The largest absolute Gasteiger partial charge is 0.444 e. The molecule has 8 nitrogen and oxygen atoms in total. The van der Waals surface area contributed by atoms with Gasteiger partial charge in [-0.1, -0.05) is 24.3 Å². The summed E-state index contributed by atoms with van der Waals surface area (Å²) in [4.78, 5) is 32.1. The van der Waals surface area contributed by atoms with E-state index in [9.17, 15) is 9.59 Å². The molecule has 0 spiro atoms. The Labute approximate surface area is 190 Å². The lowest BCUT2D eigenvalue weighted by molar-refractivity contribution is -0.117. The summed E-state index contributed by atoms with van der Waals surface area (Å²) in [5, 5.41) is 1.51. The van der Waals surface area contributed by atoms with Gasteiger partial charge in [0.05, 0.1) is 18.4 Å².